The first kappa shape index (κ1) is 15.1. The molecule has 20 heavy (non-hydrogen) atoms. The van der Waals surface area contributed by atoms with Crippen molar-refractivity contribution in [1.82, 2.24) is 0 Å². The third-order valence-corrected chi connectivity index (χ3v) is 4.98. The van der Waals surface area contributed by atoms with E-state index in [4.69, 9.17) is 0 Å². The number of nitrogens with zero attached hydrogens (tertiary/aromatic N) is 1. The highest BCUT2D eigenvalue weighted by atomic mass is 16.3. The maximum absolute atomic E-state index is 11.4. The van der Waals surface area contributed by atoms with E-state index in [1.54, 1.807) is 0 Å². The van der Waals surface area contributed by atoms with E-state index < -0.39 is 11.0 Å². The molecule has 1 saturated carbocycles. The van der Waals surface area contributed by atoms with Crippen molar-refractivity contribution in [2.24, 2.45) is 5.41 Å². The fourth-order valence-corrected chi connectivity index (χ4v) is 3.66. The van der Waals surface area contributed by atoms with Gasteiger partial charge in [0, 0.05) is 0 Å². The standard InChI is InChI=1S/C18H25NO/c1-2-18(20,16-11-7-6-8-12-16)17(15-19)13-9-4-3-5-10-14-17/h6-8,11-12,20H,2-5,9-10,13-14H2,1H3. The first-order valence-electron chi connectivity index (χ1n) is 7.88. The van der Waals surface area contributed by atoms with Crippen LogP contribution in [0.2, 0.25) is 0 Å². The van der Waals surface area contributed by atoms with Gasteiger partial charge in [0.2, 0.25) is 0 Å². The maximum Gasteiger partial charge on any atom is 0.108 e. The minimum Gasteiger partial charge on any atom is -0.383 e. The molecular formula is C18H25NO. The number of rotatable bonds is 3. The smallest absolute Gasteiger partial charge is 0.108 e. The van der Waals surface area contributed by atoms with Gasteiger partial charge in [-0.05, 0) is 24.8 Å². The Kier molecular flexibility index (Phi) is 4.83. The van der Waals surface area contributed by atoms with Gasteiger partial charge in [0.25, 0.3) is 0 Å². The molecule has 1 aliphatic carbocycles. The molecule has 0 saturated heterocycles. The Labute approximate surface area is 122 Å². The van der Waals surface area contributed by atoms with Gasteiger partial charge in [-0.2, -0.15) is 5.26 Å². The summed E-state index contributed by atoms with van der Waals surface area (Å²) >= 11 is 0. The van der Waals surface area contributed by atoms with Crippen LogP contribution < -0.4 is 0 Å². The van der Waals surface area contributed by atoms with E-state index in [0.29, 0.717) is 6.42 Å². The summed E-state index contributed by atoms with van der Waals surface area (Å²) in [5.41, 5.74) is -0.770. The first-order valence-corrected chi connectivity index (χ1v) is 7.88. The van der Waals surface area contributed by atoms with Crippen LogP contribution in [0.3, 0.4) is 0 Å². The van der Waals surface area contributed by atoms with Gasteiger partial charge in [-0.25, -0.2) is 0 Å². The Morgan fingerprint density at radius 2 is 1.65 bits per heavy atom. The van der Waals surface area contributed by atoms with Crippen molar-refractivity contribution in [3.05, 3.63) is 35.9 Å². The van der Waals surface area contributed by atoms with Gasteiger partial charge in [-0.1, -0.05) is 69.4 Å². The van der Waals surface area contributed by atoms with Crippen LogP contribution in [0, 0.1) is 16.7 Å². The van der Waals surface area contributed by atoms with E-state index in [1.807, 2.05) is 37.3 Å². The fraction of sp³-hybridized carbons (Fsp3) is 0.611. The second kappa shape index (κ2) is 6.41. The van der Waals surface area contributed by atoms with Crippen molar-refractivity contribution >= 4 is 0 Å². The lowest BCUT2D eigenvalue weighted by Gasteiger charge is -2.44. The Hall–Kier alpha value is -1.33. The molecule has 108 valence electrons. The highest BCUT2D eigenvalue weighted by Crippen LogP contribution is 2.50. The molecule has 0 radical (unpaired) electrons. The largest absolute Gasteiger partial charge is 0.383 e. The van der Waals surface area contributed by atoms with E-state index in [9.17, 15) is 10.4 Å². The van der Waals surface area contributed by atoms with Gasteiger partial charge < -0.3 is 5.11 Å². The van der Waals surface area contributed by atoms with Crippen LogP contribution >= 0.6 is 0 Å². The monoisotopic (exact) mass is 271 g/mol. The molecule has 1 unspecified atom stereocenters. The highest BCUT2D eigenvalue weighted by Gasteiger charge is 2.50. The lowest BCUT2D eigenvalue weighted by atomic mass is 9.62. The molecule has 0 bridgehead atoms. The summed E-state index contributed by atoms with van der Waals surface area (Å²) in [6.07, 6.45) is 7.91. The topological polar surface area (TPSA) is 44.0 Å². The number of aliphatic hydroxyl groups is 1. The molecule has 1 fully saturated rings. The van der Waals surface area contributed by atoms with Gasteiger partial charge in [-0.3, -0.25) is 0 Å². The second-order valence-corrected chi connectivity index (χ2v) is 6.04. The number of nitriles is 1. The van der Waals surface area contributed by atoms with E-state index in [1.165, 1.54) is 19.3 Å². The van der Waals surface area contributed by atoms with E-state index >= 15 is 0 Å². The zero-order valence-electron chi connectivity index (χ0n) is 12.4. The quantitative estimate of drug-likeness (QED) is 0.877. The molecule has 1 N–H and O–H groups in total. The molecule has 1 atom stereocenters. The second-order valence-electron chi connectivity index (χ2n) is 6.04. The van der Waals surface area contributed by atoms with Gasteiger partial charge >= 0.3 is 0 Å². The molecule has 0 aromatic heterocycles. The van der Waals surface area contributed by atoms with Gasteiger partial charge in [-0.15, -0.1) is 0 Å². The highest BCUT2D eigenvalue weighted by molar-refractivity contribution is 5.29. The molecule has 0 amide bonds. The van der Waals surface area contributed by atoms with Crippen LogP contribution in [-0.4, -0.2) is 5.11 Å². The SMILES string of the molecule is CCC(O)(c1ccccc1)C1(C#N)CCCCCCC1. The third-order valence-electron chi connectivity index (χ3n) is 4.98. The number of benzene rings is 1. The van der Waals surface area contributed by atoms with Gasteiger partial charge in [0.05, 0.1) is 11.5 Å². The molecule has 1 aromatic carbocycles. The van der Waals surface area contributed by atoms with Crippen LogP contribution in [-0.2, 0) is 5.60 Å². The first-order chi connectivity index (χ1) is 9.68. The molecule has 0 heterocycles. The maximum atomic E-state index is 11.4. The molecule has 1 aliphatic rings. The molecule has 1 aromatic rings. The van der Waals surface area contributed by atoms with E-state index in [0.717, 1.165) is 31.2 Å². The summed E-state index contributed by atoms with van der Waals surface area (Å²) in [5.74, 6) is 0. The molecule has 2 nitrogen and oxygen atoms in total. The van der Waals surface area contributed by atoms with Crippen molar-refractivity contribution in [2.75, 3.05) is 0 Å². The normalized spacial score (nSPS) is 22.1. The minimum absolute atomic E-state index is 0.588. The molecule has 2 heteroatoms. The van der Waals surface area contributed by atoms with Crippen molar-refractivity contribution in [3.8, 4) is 6.07 Å². The van der Waals surface area contributed by atoms with Crippen molar-refractivity contribution < 1.29 is 5.11 Å². The van der Waals surface area contributed by atoms with Gasteiger partial charge in [0.15, 0.2) is 0 Å². The van der Waals surface area contributed by atoms with Crippen molar-refractivity contribution in [3.63, 3.8) is 0 Å². The Morgan fingerprint density at radius 1 is 1.10 bits per heavy atom. The summed E-state index contributed by atoms with van der Waals surface area (Å²) in [6, 6.07) is 12.3. The summed E-state index contributed by atoms with van der Waals surface area (Å²) in [5, 5.41) is 21.2. The average Bonchev–Trinajstić information content (AvgIpc) is 2.48. The summed E-state index contributed by atoms with van der Waals surface area (Å²) in [7, 11) is 0. The number of hydrogen-bond donors (Lipinski definition) is 1. The van der Waals surface area contributed by atoms with Crippen LogP contribution in [0.4, 0.5) is 0 Å². The lowest BCUT2D eigenvalue weighted by Crippen LogP contribution is -2.45. The van der Waals surface area contributed by atoms with Crippen molar-refractivity contribution in [1.29, 1.82) is 5.26 Å². The summed E-state index contributed by atoms with van der Waals surface area (Å²) < 4.78 is 0. The number of hydrogen-bond acceptors (Lipinski definition) is 2. The fourth-order valence-electron chi connectivity index (χ4n) is 3.66. The van der Waals surface area contributed by atoms with E-state index in [-0.39, 0.29) is 0 Å². The Morgan fingerprint density at radius 3 is 2.15 bits per heavy atom. The Bertz CT molecular complexity index is 454. The van der Waals surface area contributed by atoms with Crippen LogP contribution in [0.1, 0.15) is 63.9 Å². The zero-order chi connectivity index (χ0) is 14.5. The van der Waals surface area contributed by atoms with E-state index in [2.05, 4.69) is 6.07 Å². The van der Waals surface area contributed by atoms with Gasteiger partial charge in [0.1, 0.15) is 5.60 Å². The predicted molar refractivity (Wildman–Crippen MR) is 81.0 cm³/mol. The predicted octanol–water partition coefficient (Wildman–Crippen LogP) is 4.54. The van der Waals surface area contributed by atoms with Crippen LogP contribution in [0.25, 0.3) is 0 Å². The minimum atomic E-state index is -1.03. The van der Waals surface area contributed by atoms with Crippen LogP contribution in [0.15, 0.2) is 30.3 Å². The molecule has 0 aliphatic heterocycles. The lowest BCUT2D eigenvalue weighted by molar-refractivity contribution is -0.0774. The summed E-state index contributed by atoms with van der Waals surface area (Å²) in [6.45, 7) is 1.99. The molecular weight excluding hydrogens is 246 g/mol. The average molecular weight is 271 g/mol. The molecule has 2 rings (SSSR count). The Balaban J connectivity index is 2.42. The van der Waals surface area contributed by atoms with Crippen LogP contribution in [0.5, 0.6) is 0 Å². The zero-order valence-corrected chi connectivity index (χ0v) is 12.4. The third kappa shape index (κ3) is 2.60. The summed E-state index contributed by atoms with van der Waals surface area (Å²) in [4.78, 5) is 0. The van der Waals surface area contributed by atoms with Crippen molar-refractivity contribution in [2.45, 2.75) is 63.9 Å². The molecule has 0 spiro atoms.